The van der Waals surface area contributed by atoms with Crippen molar-refractivity contribution in [3.8, 4) is 16.9 Å². The molecule has 3 aromatic heterocycles. The number of unbranched alkanes of at least 4 members (excludes halogenated alkanes) is 3. The summed E-state index contributed by atoms with van der Waals surface area (Å²) in [6, 6.07) is 15.8. The second-order valence-electron chi connectivity index (χ2n) is 16.8. The number of benzene rings is 1. The molecule has 0 saturated carbocycles. The van der Waals surface area contributed by atoms with Crippen LogP contribution in [0.5, 0.6) is 5.75 Å². The summed E-state index contributed by atoms with van der Waals surface area (Å²) in [5.41, 5.74) is 12.8. The zero-order valence-electron chi connectivity index (χ0n) is 38.9. The number of rotatable bonds is 17. The minimum atomic E-state index is -1.38. The Kier molecular flexibility index (Phi) is 15.5. The largest absolute Gasteiger partial charge is 0.463 e. The lowest BCUT2D eigenvalue weighted by atomic mass is 9.98. The van der Waals surface area contributed by atoms with E-state index in [1.165, 1.54) is 33.3 Å². The maximum absolute atomic E-state index is 12.5. The van der Waals surface area contributed by atoms with E-state index in [2.05, 4.69) is 79.3 Å². The van der Waals surface area contributed by atoms with Crippen LogP contribution in [0.3, 0.4) is 0 Å². The van der Waals surface area contributed by atoms with Crippen molar-refractivity contribution in [2.75, 3.05) is 6.61 Å². The number of esters is 4. The van der Waals surface area contributed by atoms with E-state index in [0.29, 0.717) is 5.75 Å². The van der Waals surface area contributed by atoms with E-state index in [9.17, 15) is 19.2 Å². The average molecular weight is 901 g/mol. The zero-order chi connectivity index (χ0) is 46.9. The molecule has 66 heavy (non-hydrogen) atoms. The zero-order valence-corrected chi connectivity index (χ0v) is 38.9. The van der Waals surface area contributed by atoms with Crippen LogP contribution < -0.4 is 4.74 Å². The van der Waals surface area contributed by atoms with Gasteiger partial charge in [-0.3, -0.25) is 19.2 Å². The van der Waals surface area contributed by atoms with Gasteiger partial charge in [0.2, 0.25) is 12.4 Å². The number of hydrogen-bond acceptors (Lipinski definition) is 12. The van der Waals surface area contributed by atoms with Crippen LogP contribution >= 0.6 is 0 Å². The van der Waals surface area contributed by atoms with Crippen LogP contribution in [0.4, 0.5) is 0 Å². The normalized spacial score (nSPS) is 18.7. The Morgan fingerprint density at radius 1 is 0.545 bits per heavy atom. The fourth-order valence-corrected chi connectivity index (χ4v) is 8.65. The molecule has 2 N–H and O–H groups in total. The molecule has 0 aliphatic carbocycles. The number of carbonyl (C=O) groups is 4. The van der Waals surface area contributed by atoms with Gasteiger partial charge in [0.15, 0.2) is 12.2 Å². The van der Waals surface area contributed by atoms with Crippen LogP contribution in [-0.2, 0) is 62.1 Å². The molecule has 0 unspecified atom stereocenters. The van der Waals surface area contributed by atoms with E-state index in [1.54, 1.807) is 12.1 Å². The molecule has 1 fully saturated rings. The summed E-state index contributed by atoms with van der Waals surface area (Å²) in [5.74, 6) is -2.46. The van der Waals surface area contributed by atoms with Gasteiger partial charge < -0.3 is 38.4 Å². The molecule has 7 rings (SSSR count). The summed E-state index contributed by atoms with van der Waals surface area (Å²) < 4.78 is 34.6. The van der Waals surface area contributed by atoms with Crippen LogP contribution in [0.15, 0.2) is 48.5 Å². The van der Waals surface area contributed by atoms with Crippen molar-refractivity contribution in [1.82, 2.24) is 19.9 Å². The smallest absolute Gasteiger partial charge is 0.303 e. The number of hydrogen-bond donors (Lipinski definition) is 2. The summed E-state index contributed by atoms with van der Waals surface area (Å²) >= 11 is 0. The highest BCUT2D eigenvalue weighted by atomic mass is 16.7. The molecule has 6 heterocycles. The van der Waals surface area contributed by atoms with E-state index >= 15 is 0 Å². The molecule has 3 aliphatic heterocycles. The molecule has 14 nitrogen and oxygen atoms in total. The second-order valence-corrected chi connectivity index (χ2v) is 16.8. The van der Waals surface area contributed by atoms with Crippen LogP contribution in [-0.4, -0.2) is 81.1 Å². The Bertz CT molecular complexity index is 2550. The van der Waals surface area contributed by atoms with Gasteiger partial charge in [-0.05, 0) is 105 Å². The van der Waals surface area contributed by atoms with Gasteiger partial charge in [0.05, 0.1) is 22.8 Å². The molecular formula is C52H60N4O10. The van der Waals surface area contributed by atoms with Gasteiger partial charge in [-0.1, -0.05) is 52.2 Å². The summed E-state index contributed by atoms with van der Waals surface area (Å²) in [7, 11) is 0. The molecule has 0 amide bonds. The van der Waals surface area contributed by atoms with Crippen LogP contribution in [0.25, 0.3) is 57.5 Å². The fourth-order valence-electron chi connectivity index (χ4n) is 8.65. The molecule has 5 atom stereocenters. The number of nitrogens with one attached hydrogen (secondary N) is 2. The molecule has 1 saturated heterocycles. The number of aryl methyl sites for hydroxylation is 2. The van der Waals surface area contributed by atoms with E-state index in [4.69, 9.17) is 38.4 Å². The number of ether oxygens (including phenoxy) is 6. The molecule has 14 heteroatoms. The Morgan fingerprint density at radius 3 is 1.45 bits per heavy atom. The van der Waals surface area contributed by atoms with Crippen LogP contribution in [0.2, 0.25) is 0 Å². The Morgan fingerprint density at radius 2 is 0.985 bits per heavy atom. The third-order valence-corrected chi connectivity index (χ3v) is 11.8. The van der Waals surface area contributed by atoms with Crippen LogP contribution in [0, 0.1) is 0 Å². The van der Waals surface area contributed by atoms with E-state index < -0.39 is 54.6 Å². The SMILES string of the molecule is CCCCc1c2nc(c(CCCC)c3ccc([nH]3)c(-c3ccc(O[C@@H]4O[C@H](COC(C)=O)[C@@H](OC(C)=O)[C@H](OC(C)=O)[C@H]4OC(C)=O)cc3)c3ccc([nH]3)c(CCCC)c3nc1C=C3)C=C2. The van der Waals surface area contributed by atoms with Crippen molar-refractivity contribution in [2.24, 2.45) is 0 Å². The Balaban J connectivity index is 1.37. The molecule has 3 aliphatic rings. The van der Waals surface area contributed by atoms with Gasteiger partial charge in [-0.15, -0.1) is 0 Å². The molecule has 0 spiro atoms. The number of H-pyrrole nitrogens is 2. The van der Waals surface area contributed by atoms with Crippen molar-refractivity contribution < 1.29 is 47.6 Å². The van der Waals surface area contributed by atoms with Crippen molar-refractivity contribution in [1.29, 1.82) is 0 Å². The molecule has 1 aromatic carbocycles. The number of fused-ring (bicyclic) bond motifs is 8. The van der Waals surface area contributed by atoms with Gasteiger partial charge in [-0.25, -0.2) is 9.97 Å². The Labute approximate surface area is 385 Å². The van der Waals surface area contributed by atoms with Crippen molar-refractivity contribution in [3.05, 3.63) is 88.0 Å². The molecule has 4 aromatic rings. The van der Waals surface area contributed by atoms with Gasteiger partial charge in [0, 0.05) is 72.0 Å². The number of nitrogens with zero attached hydrogens (tertiary/aromatic N) is 2. The first-order valence-electron chi connectivity index (χ1n) is 23.1. The Hall–Kier alpha value is -6.54. The number of aromatic amines is 2. The highest BCUT2D eigenvalue weighted by Crippen LogP contribution is 2.35. The highest BCUT2D eigenvalue weighted by molar-refractivity contribution is 5.94. The third-order valence-electron chi connectivity index (χ3n) is 11.8. The lowest BCUT2D eigenvalue weighted by Gasteiger charge is -2.43. The van der Waals surface area contributed by atoms with Crippen LogP contribution in [0.1, 0.15) is 126 Å². The lowest BCUT2D eigenvalue weighted by molar-refractivity contribution is -0.288. The maximum Gasteiger partial charge on any atom is 0.303 e. The summed E-state index contributed by atoms with van der Waals surface area (Å²) in [6.07, 6.45) is 10.7. The predicted molar refractivity (Wildman–Crippen MR) is 253 cm³/mol. The number of carbonyl (C=O) groups excluding carboxylic acids is 4. The average Bonchev–Trinajstić information content (AvgIpc) is 4.13. The summed E-state index contributed by atoms with van der Waals surface area (Å²) in [5, 5.41) is 0. The van der Waals surface area contributed by atoms with Crippen molar-refractivity contribution >= 4 is 70.2 Å². The highest BCUT2D eigenvalue weighted by Gasteiger charge is 2.53. The minimum absolute atomic E-state index is 0.324. The van der Waals surface area contributed by atoms with Gasteiger partial charge in [0.25, 0.3) is 0 Å². The van der Waals surface area contributed by atoms with Gasteiger partial charge in [-0.2, -0.15) is 0 Å². The molecule has 348 valence electrons. The first-order chi connectivity index (χ1) is 31.9. The lowest BCUT2D eigenvalue weighted by Crippen LogP contribution is -2.63. The maximum atomic E-state index is 12.5. The number of aromatic nitrogens is 4. The fraction of sp³-hybridized carbons (Fsp3) is 0.423. The van der Waals surface area contributed by atoms with E-state index in [-0.39, 0.29) is 6.61 Å². The third kappa shape index (κ3) is 11.1. The molecule has 8 bridgehead atoms. The minimum Gasteiger partial charge on any atom is -0.463 e. The predicted octanol–water partition coefficient (Wildman–Crippen LogP) is 9.81. The summed E-state index contributed by atoms with van der Waals surface area (Å²) in [4.78, 5) is 67.2. The van der Waals surface area contributed by atoms with Crippen molar-refractivity contribution in [3.63, 3.8) is 0 Å². The first-order valence-corrected chi connectivity index (χ1v) is 23.1. The summed E-state index contributed by atoms with van der Waals surface area (Å²) in [6.45, 7) is 11.0. The van der Waals surface area contributed by atoms with Gasteiger partial charge >= 0.3 is 23.9 Å². The quantitative estimate of drug-likeness (QED) is 0.0654. The van der Waals surface area contributed by atoms with E-state index in [0.717, 1.165) is 125 Å². The van der Waals surface area contributed by atoms with Crippen molar-refractivity contribution in [2.45, 2.75) is 137 Å². The topological polar surface area (TPSA) is 181 Å². The van der Waals surface area contributed by atoms with E-state index in [1.807, 2.05) is 12.1 Å². The second kappa shape index (κ2) is 21.6. The first kappa shape index (κ1) is 47.4. The molecule has 0 radical (unpaired) electrons. The monoisotopic (exact) mass is 900 g/mol. The molecular weight excluding hydrogens is 841 g/mol. The van der Waals surface area contributed by atoms with Gasteiger partial charge in [0.1, 0.15) is 18.5 Å². The standard InChI is InChI=1S/C52H60N4O10/c1-8-11-14-36-39-21-23-41(53-39)37(15-12-9-2)43-25-27-45(55-43)48(46-28-26-44(56-46)38(16-13-10-3)42-24-22-40(36)54-42)34-17-19-35(20-18-34)65-52-51(64-33(7)60)50(63-32(6)59)49(62-31(5)58)47(66-52)29-61-30(4)57/h17-28,47,49-52,55-56H,8-16,29H2,1-7H3/t47-,49-,50+,51-,52-/m1/s1.